The van der Waals surface area contributed by atoms with Crippen LogP contribution in [-0.4, -0.2) is 10.1 Å². The summed E-state index contributed by atoms with van der Waals surface area (Å²) in [6.07, 6.45) is 3.59. The summed E-state index contributed by atoms with van der Waals surface area (Å²) in [5.41, 5.74) is 3.25. The van der Waals surface area contributed by atoms with Crippen LogP contribution in [0.3, 0.4) is 0 Å². The third kappa shape index (κ3) is 2.86. The van der Waals surface area contributed by atoms with E-state index in [2.05, 4.69) is 18.0 Å². The number of fused-ring (bicyclic) bond motifs is 1. The van der Waals surface area contributed by atoms with Crippen molar-refractivity contribution in [2.45, 2.75) is 45.3 Å². The number of rotatable bonds is 4. The molecule has 1 N–H and O–H groups in total. The minimum absolute atomic E-state index is 0.340. The van der Waals surface area contributed by atoms with Crippen LogP contribution >= 0.6 is 11.3 Å². The van der Waals surface area contributed by atoms with Gasteiger partial charge in [0.15, 0.2) is 0 Å². The van der Waals surface area contributed by atoms with Gasteiger partial charge in [-0.1, -0.05) is 13.0 Å². The van der Waals surface area contributed by atoms with Crippen LogP contribution in [0.4, 0.5) is 0 Å². The molecule has 3 nitrogen and oxygen atoms in total. The van der Waals surface area contributed by atoms with Crippen LogP contribution < -0.4 is 4.74 Å². The average Bonchev–Trinajstić information content (AvgIpc) is 2.94. The predicted octanol–water partition coefficient (Wildman–Crippen LogP) is 3.65. The Bertz CT molecular complexity index is 594. The predicted molar refractivity (Wildman–Crippen MR) is 80.2 cm³/mol. The van der Waals surface area contributed by atoms with Crippen molar-refractivity contribution in [3.63, 3.8) is 0 Å². The van der Waals surface area contributed by atoms with Crippen LogP contribution in [0, 0.1) is 0 Å². The number of hydrogen-bond acceptors (Lipinski definition) is 4. The fraction of sp³-hybridized carbons (Fsp3) is 0.438. The SMILES string of the molecule is CCc1nc(COc2ccc3c(c2)[C@H](O)CCC3)cs1. The molecule has 1 aliphatic rings. The van der Waals surface area contributed by atoms with Crippen molar-refractivity contribution in [2.75, 3.05) is 0 Å². The molecule has 0 radical (unpaired) electrons. The first-order valence-electron chi connectivity index (χ1n) is 7.13. The normalized spacial score (nSPS) is 17.8. The van der Waals surface area contributed by atoms with Crippen LogP contribution in [0.2, 0.25) is 0 Å². The van der Waals surface area contributed by atoms with Gasteiger partial charge in [-0.3, -0.25) is 0 Å². The lowest BCUT2D eigenvalue weighted by molar-refractivity contribution is 0.156. The van der Waals surface area contributed by atoms with E-state index in [-0.39, 0.29) is 6.10 Å². The number of aromatic nitrogens is 1. The monoisotopic (exact) mass is 289 g/mol. The maximum Gasteiger partial charge on any atom is 0.131 e. The highest BCUT2D eigenvalue weighted by molar-refractivity contribution is 7.09. The van der Waals surface area contributed by atoms with Gasteiger partial charge in [0.25, 0.3) is 0 Å². The first-order chi connectivity index (χ1) is 9.76. The molecular formula is C16H19NO2S. The van der Waals surface area contributed by atoms with Gasteiger partial charge in [-0.2, -0.15) is 0 Å². The maximum absolute atomic E-state index is 10.0. The van der Waals surface area contributed by atoms with Gasteiger partial charge in [-0.05, 0) is 48.9 Å². The Morgan fingerprint density at radius 1 is 1.45 bits per heavy atom. The zero-order chi connectivity index (χ0) is 13.9. The first kappa shape index (κ1) is 13.6. The topological polar surface area (TPSA) is 42.4 Å². The molecule has 20 heavy (non-hydrogen) atoms. The van der Waals surface area contributed by atoms with Gasteiger partial charge < -0.3 is 9.84 Å². The minimum atomic E-state index is -0.340. The molecule has 2 aromatic rings. The second-order valence-electron chi connectivity index (χ2n) is 5.14. The number of nitrogens with zero attached hydrogens (tertiary/aromatic N) is 1. The number of thiazole rings is 1. The van der Waals surface area contributed by atoms with Crippen LogP contribution in [0.25, 0.3) is 0 Å². The molecule has 0 saturated carbocycles. The molecule has 0 amide bonds. The third-order valence-corrected chi connectivity index (χ3v) is 4.73. The fourth-order valence-electron chi connectivity index (χ4n) is 2.58. The summed E-state index contributed by atoms with van der Waals surface area (Å²) >= 11 is 1.68. The van der Waals surface area contributed by atoms with Crippen molar-refractivity contribution < 1.29 is 9.84 Å². The Balaban J connectivity index is 1.70. The molecule has 1 atom stereocenters. The van der Waals surface area contributed by atoms with Gasteiger partial charge in [-0.15, -0.1) is 11.3 Å². The Morgan fingerprint density at radius 3 is 3.15 bits per heavy atom. The molecule has 1 aliphatic carbocycles. The van der Waals surface area contributed by atoms with Crippen LogP contribution in [-0.2, 0) is 19.4 Å². The lowest BCUT2D eigenvalue weighted by atomic mass is 9.89. The summed E-state index contributed by atoms with van der Waals surface area (Å²) in [5, 5.41) is 13.2. The molecule has 0 bridgehead atoms. The smallest absolute Gasteiger partial charge is 0.131 e. The van der Waals surface area contributed by atoms with Gasteiger partial charge in [-0.25, -0.2) is 4.98 Å². The fourth-order valence-corrected chi connectivity index (χ4v) is 3.31. The summed E-state index contributed by atoms with van der Waals surface area (Å²) in [5.74, 6) is 0.816. The number of aliphatic hydroxyl groups excluding tert-OH is 1. The highest BCUT2D eigenvalue weighted by Gasteiger charge is 2.18. The number of aliphatic hydroxyl groups is 1. The molecule has 0 spiro atoms. The molecule has 3 rings (SSSR count). The highest BCUT2D eigenvalue weighted by atomic mass is 32.1. The van der Waals surface area contributed by atoms with Crippen LogP contribution in [0.5, 0.6) is 5.75 Å². The summed E-state index contributed by atoms with van der Waals surface area (Å²) in [7, 11) is 0. The van der Waals surface area contributed by atoms with Crippen molar-refractivity contribution in [3.8, 4) is 5.75 Å². The zero-order valence-corrected chi connectivity index (χ0v) is 12.4. The molecule has 0 unspecified atom stereocenters. The molecule has 1 aromatic carbocycles. The van der Waals surface area contributed by atoms with E-state index in [1.54, 1.807) is 11.3 Å². The quantitative estimate of drug-likeness (QED) is 0.934. The third-order valence-electron chi connectivity index (χ3n) is 3.69. The van der Waals surface area contributed by atoms with Crippen LogP contribution in [0.15, 0.2) is 23.6 Å². The molecule has 4 heteroatoms. The average molecular weight is 289 g/mol. The molecule has 0 aliphatic heterocycles. The summed E-state index contributed by atoms with van der Waals surface area (Å²) in [4.78, 5) is 4.49. The van der Waals surface area contributed by atoms with Crippen molar-refractivity contribution >= 4 is 11.3 Å². The molecule has 1 aromatic heterocycles. The summed E-state index contributed by atoms with van der Waals surface area (Å²) in [6, 6.07) is 6.04. The molecule has 106 valence electrons. The van der Waals surface area contributed by atoms with Crippen molar-refractivity contribution in [1.29, 1.82) is 0 Å². The Hall–Kier alpha value is -1.39. The van der Waals surface area contributed by atoms with E-state index in [1.165, 1.54) is 5.56 Å². The second-order valence-corrected chi connectivity index (χ2v) is 6.09. The maximum atomic E-state index is 10.0. The number of ether oxygens (including phenoxy) is 1. The van der Waals surface area contributed by atoms with E-state index >= 15 is 0 Å². The zero-order valence-electron chi connectivity index (χ0n) is 11.6. The Labute approximate surface area is 123 Å². The van der Waals surface area contributed by atoms with E-state index in [4.69, 9.17) is 4.74 Å². The van der Waals surface area contributed by atoms with Gasteiger partial charge in [0.1, 0.15) is 12.4 Å². The molecular weight excluding hydrogens is 270 g/mol. The molecule has 0 fully saturated rings. The van der Waals surface area contributed by atoms with Gasteiger partial charge in [0.05, 0.1) is 16.8 Å². The minimum Gasteiger partial charge on any atom is -0.487 e. The Morgan fingerprint density at radius 2 is 2.35 bits per heavy atom. The molecule has 0 saturated heterocycles. The van der Waals surface area contributed by atoms with Crippen molar-refractivity contribution in [2.24, 2.45) is 0 Å². The summed E-state index contributed by atoms with van der Waals surface area (Å²) < 4.78 is 5.80. The van der Waals surface area contributed by atoms with Crippen LogP contribution in [0.1, 0.15) is 47.7 Å². The first-order valence-corrected chi connectivity index (χ1v) is 8.01. The lowest BCUT2D eigenvalue weighted by Crippen LogP contribution is -2.09. The second kappa shape index (κ2) is 5.94. The van der Waals surface area contributed by atoms with E-state index in [1.807, 2.05) is 17.5 Å². The van der Waals surface area contributed by atoms with Crippen molar-refractivity contribution in [1.82, 2.24) is 4.98 Å². The standard InChI is InChI=1S/C16H19NO2S/c1-2-16-17-12(10-20-16)9-19-13-7-6-11-4-3-5-15(18)14(11)8-13/h6-8,10,15,18H,2-5,9H2,1H3/t15-/m1/s1. The largest absolute Gasteiger partial charge is 0.487 e. The van der Waals surface area contributed by atoms with Gasteiger partial charge in [0, 0.05) is 5.38 Å². The number of hydrogen-bond donors (Lipinski definition) is 1. The molecule has 1 heterocycles. The van der Waals surface area contributed by atoms with E-state index < -0.39 is 0 Å². The van der Waals surface area contributed by atoms with E-state index in [0.29, 0.717) is 6.61 Å². The van der Waals surface area contributed by atoms with Gasteiger partial charge >= 0.3 is 0 Å². The highest BCUT2D eigenvalue weighted by Crippen LogP contribution is 2.32. The Kier molecular flexibility index (Phi) is 4.03. The van der Waals surface area contributed by atoms with E-state index in [9.17, 15) is 5.11 Å². The van der Waals surface area contributed by atoms with Gasteiger partial charge in [0.2, 0.25) is 0 Å². The van der Waals surface area contributed by atoms with Crippen molar-refractivity contribution in [3.05, 3.63) is 45.4 Å². The summed E-state index contributed by atoms with van der Waals surface area (Å²) in [6.45, 7) is 2.60. The van der Waals surface area contributed by atoms with E-state index in [0.717, 1.165) is 47.7 Å². The lowest BCUT2D eigenvalue weighted by Gasteiger charge is -2.21. The number of aryl methyl sites for hydroxylation is 2. The number of benzene rings is 1.